The van der Waals surface area contributed by atoms with Crippen LogP contribution in [0.25, 0.3) is 10.9 Å². The number of halogens is 4. The average Bonchev–Trinajstić information content (AvgIpc) is 2.89. The second kappa shape index (κ2) is 11.8. The number of carboxylic acid groups (broad SMARTS) is 1. The van der Waals surface area contributed by atoms with Gasteiger partial charge in [0.1, 0.15) is 17.3 Å². The lowest BCUT2D eigenvalue weighted by molar-refractivity contribution is -0.153. The molecule has 0 saturated carbocycles. The van der Waals surface area contributed by atoms with Crippen molar-refractivity contribution in [1.82, 2.24) is 9.88 Å². The molecule has 0 bridgehead atoms. The predicted octanol–water partition coefficient (Wildman–Crippen LogP) is 5.41. The van der Waals surface area contributed by atoms with Gasteiger partial charge in [-0.05, 0) is 57.0 Å². The molecular weight excluding hydrogens is 523 g/mol. The molecule has 0 amide bonds. The highest BCUT2D eigenvalue weighted by atomic mass is 35.5. The molecular formula is C27H29ClF3N3O4. The highest BCUT2D eigenvalue weighted by Gasteiger charge is 2.41. The number of ether oxygens (including phenoxy) is 1. The molecule has 0 aliphatic carbocycles. The van der Waals surface area contributed by atoms with Crippen LogP contribution in [0.5, 0.6) is 5.75 Å². The summed E-state index contributed by atoms with van der Waals surface area (Å²) < 4.78 is 46.0. The zero-order chi connectivity index (χ0) is 27.4. The maximum Gasteiger partial charge on any atom is 0.309 e. The molecule has 4 rings (SSSR count). The lowest BCUT2D eigenvalue weighted by Gasteiger charge is -2.39. The Balaban J connectivity index is 1.37. The van der Waals surface area contributed by atoms with Crippen LogP contribution in [0.4, 0.5) is 18.9 Å². The molecule has 204 valence electrons. The third kappa shape index (κ3) is 5.98. The van der Waals surface area contributed by atoms with Crippen molar-refractivity contribution < 1.29 is 32.9 Å². The highest BCUT2D eigenvalue weighted by molar-refractivity contribution is 6.32. The summed E-state index contributed by atoms with van der Waals surface area (Å²) >= 11 is 6.39. The first-order valence-corrected chi connectivity index (χ1v) is 12.7. The zero-order valence-electron chi connectivity index (χ0n) is 20.8. The lowest BCUT2D eigenvalue weighted by atomic mass is 9.74. The van der Waals surface area contributed by atoms with Crippen LogP contribution in [0, 0.1) is 22.9 Å². The Bertz CT molecular complexity index is 1300. The normalized spacial score (nSPS) is 16.4. The van der Waals surface area contributed by atoms with Crippen LogP contribution < -0.4 is 10.1 Å². The molecule has 0 radical (unpaired) electrons. The van der Waals surface area contributed by atoms with Crippen LogP contribution in [0.1, 0.15) is 37.4 Å². The quantitative estimate of drug-likeness (QED) is 0.310. The average molecular weight is 552 g/mol. The number of aromatic nitrogens is 1. The highest BCUT2D eigenvalue weighted by Crippen LogP contribution is 2.41. The van der Waals surface area contributed by atoms with E-state index < -0.39 is 40.6 Å². The number of aliphatic hydroxyl groups excluding tert-OH is 1. The summed E-state index contributed by atoms with van der Waals surface area (Å²) in [5, 5.41) is 24.7. The number of aliphatic hydroxyl groups is 1. The van der Waals surface area contributed by atoms with Gasteiger partial charge >= 0.3 is 5.97 Å². The SMILES string of the molecule is COc1ccc2ncc(Cl)c(C(O)CCC3(C(=O)O)CCN(CCNc4c(F)cc(F)cc4F)CC3)c2c1. The van der Waals surface area contributed by atoms with Crippen LogP contribution in [0.3, 0.4) is 0 Å². The molecule has 1 aromatic heterocycles. The van der Waals surface area contributed by atoms with Crippen molar-refractivity contribution in [3.63, 3.8) is 0 Å². The number of carboxylic acids is 1. The standard InChI is InChI=1S/C27H29ClF3N3O4/c1-38-17-2-3-22-18(14-17)24(19(28)15-33-22)23(35)4-5-27(26(36)37)6-9-34(10-7-27)11-8-32-25-20(30)12-16(29)13-21(25)31/h2-3,12-15,23,32,35H,4-11H2,1H3,(H,36,37). The Hall–Kier alpha value is -3.08. The topological polar surface area (TPSA) is 94.9 Å². The molecule has 7 nitrogen and oxygen atoms in total. The van der Waals surface area contributed by atoms with E-state index in [1.807, 2.05) is 4.90 Å². The number of rotatable bonds is 10. The van der Waals surface area contributed by atoms with Crippen molar-refractivity contribution in [1.29, 1.82) is 0 Å². The fraction of sp³-hybridized carbons (Fsp3) is 0.407. The first kappa shape index (κ1) is 27.9. The second-order valence-corrected chi connectivity index (χ2v) is 9.96. The maximum atomic E-state index is 13.8. The summed E-state index contributed by atoms with van der Waals surface area (Å²) in [6.07, 6.45) is 1.61. The van der Waals surface area contributed by atoms with Crippen molar-refractivity contribution in [3.05, 3.63) is 64.6 Å². The molecule has 38 heavy (non-hydrogen) atoms. The monoisotopic (exact) mass is 551 g/mol. The lowest BCUT2D eigenvalue weighted by Crippen LogP contribution is -2.45. The number of likely N-dealkylation sites (tertiary alicyclic amines) is 1. The molecule has 2 heterocycles. The number of piperidine rings is 1. The van der Waals surface area contributed by atoms with Gasteiger partial charge in [0, 0.05) is 42.4 Å². The van der Waals surface area contributed by atoms with Gasteiger partial charge in [0.25, 0.3) is 0 Å². The van der Waals surface area contributed by atoms with Gasteiger partial charge in [0.05, 0.1) is 29.2 Å². The number of methoxy groups -OCH3 is 1. The molecule has 3 N–H and O–H groups in total. The molecule has 1 fully saturated rings. The number of fused-ring (bicyclic) bond motifs is 1. The van der Waals surface area contributed by atoms with E-state index in [1.54, 1.807) is 18.2 Å². The third-order valence-electron chi connectivity index (χ3n) is 7.30. The molecule has 1 unspecified atom stereocenters. The predicted molar refractivity (Wildman–Crippen MR) is 138 cm³/mol. The van der Waals surface area contributed by atoms with E-state index in [-0.39, 0.29) is 19.4 Å². The van der Waals surface area contributed by atoms with Gasteiger partial charge in [-0.1, -0.05) is 11.6 Å². The third-order valence-corrected chi connectivity index (χ3v) is 7.60. The summed E-state index contributed by atoms with van der Waals surface area (Å²) in [5.41, 5.74) is -0.288. The largest absolute Gasteiger partial charge is 0.497 e. The maximum absolute atomic E-state index is 13.8. The van der Waals surface area contributed by atoms with Crippen LogP contribution in [-0.4, -0.2) is 59.4 Å². The van der Waals surface area contributed by atoms with Crippen molar-refractivity contribution in [2.45, 2.75) is 31.8 Å². The number of nitrogens with one attached hydrogen (secondary N) is 1. The minimum atomic E-state index is -1.02. The molecule has 0 spiro atoms. The minimum Gasteiger partial charge on any atom is -0.497 e. The Morgan fingerprint density at radius 3 is 2.53 bits per heavy atom. The molecule has 1 saturated heterocycles. The van der Waals surface area contributed by atoms with E-state index >= 15 is 0 Å². The molecule has 2 aromatic carbocycles. The van der Waals surface area contributed by atoms with Crippen LogP contribution in [0.2, 0.25) is 5.02 Å². The summed E-state index contributed by atoms with van der Waals surface area (Å²) in [6, 6.07) is 6.49. The van der Waals surface area contributed by atoms with Gasteiger partial charge in [-0.15, -0.1) is 0 Å². The van der Waals surface area contributed by atoms with Crippen LogP contribution in [0.15, 0.2) is 36.5 Å². The van der Waals surface area contributed by atoms with Crippen molar-refractivity contribution in [2.75, 3.05) is 38.6 Å². The van der Waals surface area contributed by atoms with Crippen LogP contribution in [-0.2, 0) is 4.79 Å². The van der Waals surface area contributed by atoms with Crippen molar-refractivity contribution in [2.24, 2.45) is 5.41 Å². The molecule has 1 atom stereocenters. The van der Waals surface area contributed by atoms with E-state index in [2.05, 4.69) is 10.3 Å². The Kier molecular flexibility index (Phi) is 8.64. The Morgan fingerprint density at radius 2 is 1.89 bits per heavy atom. The number of nitrogens with zero attached hydrogens (tertiary/aromatic N) is 2. The van der Waals surface area contributed by atoms with E-state index in [0.29, 0.717) is 71.8 Å². The van der Waals surface area contributed by atoms with Gasteiger partial charge in [0.2, 0.25) is 0 Å². The van der Waals surface area contributed by atoms with E-state index in [4.69, 9.17) is 16.3 Å². The number of pyridine rings is 1. The fourth-order valence-corrected chi connectivity index (χ4v) is 5.29. The van der Waals surface area contributed by atoms with E-state index in [0.717, 1.165) is 0 Å². The Labute approximate surface area is 223 Å². The summed E-state index contributed by atoms with van der Waals surface area (Å²) in [6.45, 7) is 1.56. The van der Waals surface area contributed by atoms with Crippen molar-refractivity contribution >= 4 is 34.2 Å². The van der Waals surface area contributed by atoms with Gasteiger partial charge in [-0.25, -0.2) is 13.2 Å². The summed E-state index contributed by atoms with van der Waals surface area (Å²) in [5.74, 6) is -3.35. The number of hydrogen-bond acceptors (Lipinski definition) is 6. The zero-order valence-corrected chi connectivity index (χ0v) is 21.6. The number of anilines is 1. The van der Waals surface area contributed by atoms with Gasteiger partial charge in [-0.3, -0.25) is 9.78 Å². The second-order valence-electron chi connectivity index (χ2n) is 9.56. The molecule has 3 aromatic rings. The first-order chi connectivity index (χ1) is 18.1. The number of carbonyl (C=O) groups is 1. The molecule has 11 heteroatoms. The van der Waals surface area contributed by atoms with Gasteiger partial charge < -0.3 is 25.2 Å². The molecule has 1 aliphatic heterocycles. The minimum absolute atomic E-state index is 0.188. The molecule has 1 aliphatic rings. The van der Waals surface area contributed by atoms with Crippen molar-refractivity contribution in [3.8, 4) is 5.75 Å². The van der Waals surface area contributed by atoms with Gasteiger partial charge in [-0.2, -0.15) is 0 Å². The van der Waals surface area contributed by atoms with E-state index in [9.17, 15) is 28.2 Å². The smallest absolute Gasteiger partial charge is 0.309 e. The number of aliphatic carboxylic acids is 1. The van der Waals surface area contributed by atoms with E-state index in [1.165, 1.54) is 13.3 Å². The first-order valence-electron chi connectivity index (χ1n) is 12.3. The Morgan fingerprint density at radius 1 is 1.21 bits per heavy atom. The number of hydrogen-bond donors (Lipinski definition) is 3. The van der Waals surface area contributed by atoms with Gasteiger partial charge in [0.15, 0.2) is 11.6 Å². The summed E-state index contributed by atoms with van der Waals surface area (Å²) in [4.78, 5) is 18.6. The summed E-state index contributed by atoms with van der Waals surface area (Å²) in [7, 11) is 1.54. The fourth-order valence-electron chi connectivity index (χ4n) is 5.02. The van der Waals surface area contributed by atoms with Crippen LogP contribution >= 0.6 is 11.6 Å². The number of benzene rings is 2.